The standard InChI is InChI=1S/C12H13N3OS/c13-7-8-6-9(14)3-4-10(8)15-12(16)11-2-1-5-17-11/h3-4,6,11H,1-2,5,14H2,(H,15,16). The number of nitrogen functional groups attached to an aromatic ring is 1. The van der Waals surface area contributed by atoms with Crippen molar-refractivity contribution in [1.82, 2.24) is 0 Å². The summed E-state index contributed by atoms with van der Waals surface area (Å²) in [4.78, 5) is 11.9. The molecule has 17 heavy (non-hydrogen) atoms. The Morgan fingerprint density at radius 2 is 2.41 bits per heavy atom. The first-order chi connectivity index (χ1) is 8.20. The predicted molar refractivity (Wildman–Crippen MR) is 69.7 cm³/mol. The van der Waals surface area contributed by atoms with Crippen molar-refractivity contribution in [2.75, 3.05) is 16.8 Å². The molecule has 2 rings (SSSR count). The van der Waals surface area contributed by atoms with Crippen molar-refractivity contribution >= 4 is 29.0 Å². The summed E-state index contributed by atoms with van der Waals surface area (Å²) < 4.78 is 0. The minimum absolute atomic E-state index is 0.0131. The largest absolute Gasteiger partial charge is 0.399 e. The lowest BCUT2D eigenvalue weighted by molar-refractivity contribution is -0.115. The van der Waals surface area contributed by atoms with Crippen LogP contribution in [0.3, 0.4) is 0 Å². The third kappa shape index (κ3) is 2.71. The Bertz CT molecular complexity index is 475. The van der Waals surface area contributed by atoms with Crippen LogP contribution < -0.4 is 11.1 Å². The van der Waals surface area contributed by atoms with Gasteiger partial charge in [-0.15, -0.1) is 11.8 Å². The van der Waals surface area contributed by atoms with Gasteiger partial charge < -0.3 is 11.1 Å². The van der Waals surface area contributed by atoms with Crippen molar-refractivity contribution in [3.63, 3.8) is 0 Å². The number of benzene rings is 1. The number of nitriles is 1. The number of nitrogens with one attached hydrogen (secondary N) is 1. The summed E-state index contributed by atoms with van der Waals surface area (Å²) in [5.74, 6) is 1.01. The van der Waals surface area contributed by atoms with E-state index in [9.17, 15) is 4.79 Å². The molecule has 0 saturated carbocycles. The van der Waals surface area contributed by atoms with E-state index in [1.807, 2.05) is 6.07 Å². The quantitative estimate of drug-likeness (QED) is 0.783. The summed E-state index contributed by atoms with van der Waals surface area (Å²) in [5.41, 5.74) is 7.06. The summed E-state index contributed by atoms with van der Waals surface area (Å²) in [6, 6.07) is 6.95. The van der Waals surface area contributed by atoms with Crippen LogP contribution in [0.2, 0.25) is 0 Å². The Morgan fingerprint density at radius 1 is 1.59 bits per heavy atom. The van der Waals surface area contributed by atoms with Crippen molar-refractivity contribution in [2.45, 2.75) is 18.1 Å². The van der Waals surface area contributed by atoms with E-state index < -0.39 is 0 Å². The highest BCUT2D eigenvalue weighted by Gasteiger charge is 2.23. The zero-order valence-corrected chi connectivity index (χ0v) is 10.1. The lowest BCUT2D eigenvalue weighted by atomic mass is 10.1. The molecule has 1 fully saturated rings. The Kier molecular flexibility index (Phi) is 3.55. The maximum absolute atomic E-state index is 11.9. The molecule has 0 radical (unpaired) electrons. The zero-order valence-electron chi connectivity index (χ0n) is 9.27. The minimum atomic E-state index is -0.0197. The van der Waals surface area contributed by atoms with Crippen LogP contribution in [0.15, 0.2) is 18.2 Å². The van der Waals surface area contributed by atoms with Crippen molar-refractivity contribution in [3.8, 4) is 6.07 Å². The number of nitrogens with two attached hydrogens (primary N) is 1. The van der Waals surface area contributed by atoms with E-state index in [1.54, 1.807) is 30.0 Å². The number of carbonyl (C=O) groups is 1. The molecule has 1 atom stereocenters. The average Bonchev–Trinajstić information content (AvgIpc) is 2.85. The lowest BCUT2D eigenvalue weighted by Gasteiger charge is -2.11. The fourth-order valence-corrected chi connectivity index (χ4v) is 2.92. The molecule has 0 bridgehead atoms. The second-order valence-electron chi connectivity index (χ2n) is 3.91. The fraction of sp³-hybridized carbons (Fsp3) is 0.333. The van der Waals surface area contributed by atoms with Gasteiger partial charge in [0.2, 0.25) is 5.91 Å². The number of rotatable bonds is 2. The van der Waals surface area contributed by atoms with E-state index >= 15 is 0 Å². The van der Waals surface area contributed by atoms with Gasteiger partial charge in [0.25, 0.3) is 0 Å². The van der Waals surface area contributed by atoms with Crippen molar-refractivity contribution in [2.24, 2.45) is 0 Å². The number of hydrogen-bond donors (Lipinski definition) is 2. The predicted octanol–water partition coefficient (Wildman–Crippen LogP) is 1.97. The molecule has 1 amide bonds. The molecule has 5 heteroatoms. The van der Waals surface area contributed by atoms with Gasteiger partial charge in [0.15, 0.2) is 0 Å². The molecule has 88 valence electrons. The topological polar surface area (TPSA) is 78.9 Å². The maximum atomic E-state index is 11.9. The molecule has 1 saturated heterocycles. The molecule has 1 heterocycles. The third-order valence-corrected chi connectivity index (χ3v) is 4.02. The van der Waals surface area contributed by atoms with E-state index in [0.717, 1.165) is 18.6 Å². The molecule has 1 aliphatic heterocycles. The highest BCUT2D eigenvalue weighted by molar-refractivity contribution is 8.00. The van der Waals surface area contributed by atoms with Gasteiger partial charge in [-0.05, 0) is 36.8 Å². The van der Waals surface area contributed by atoms with Gasteiger partial charge in [-0.3, -0.25) is 4.79 Å². The molecular weight excluding hydrogens is 234 g/mol. The zero-order chi connectivity index (χ0) is 12.3. The van der Waals surface area contributed by atoms with Crippen LogP contribution in [0, 0.1) is 11.3 Å². The smallest absolute Gasteiger partial charge is 0.237 e. The second kappa shape index (κ2) is 5.11. The Hall–Kier alpha value is -1.67. The van der Waals surface area contributed by atoms with Gasteiger partial charge in [-0.2, -0.15) is 5.26 Å². The van der Waals surface area contributed by atoms with Crippen LogP contribution in [0.5, 0.6) is 0 Å². The van der Waals surface area contributed by atoms with E-state index in [0.29, 0.717) is 16.9 Å². The fourth-order valence-electron chi connectivity index (χ4n) is 1.76. The van der Waals surface area contributed by atoms with Crippen LogP contribution in [0.25, 0.3) is 0 Å². The van der Waals surface area contributed by atoms with E-state index in [1.165, 1.54) is 0 Å². The monoisotopic (exact) mass is 247 g/mol. The van der Waals surface area contributed by atoms with Crippen LogP contribution in [-0.4, -0.2) is 16.9 Å². The van der Waals surface area contributed by atoms with Gasteiger partial charge in [-0.1, -0.05) is 0 Å². The lowest BCUT2D eigenvalue weighted by Crippen LogP contribution is -2.23. The molecule has 0 aliphatic carbocycles. The first-order valence-corrected chi connectivity index (χ1v) is 6.47. The molecule has 1 aromatic rings. The number of anilines is 2. The van der Waals surface area contributed by atoms with E-state index in [-0.39, 0.29) is 11.2 Å². The molecule has 3 N–H and O–H groups in total. The molecule has 0 spiro atoms. The highest BCUT2D eigenvalue weighted by atomic mass is 32.2. The summed E-state index contributed by atoms with van der Waals surface area (Å²) in [5, 5.41) is 11.8. The third-order valence-electron chi connectivity index (χ3n) is 2.64. The highest BCUT2D eigenvalue weighted by Crippen LogP contribution is 2.28. The molecule has 1 unspecified atom stereocenters. The molecule has 1 aromatic carbocycles. The van der Waals surface area contributed by atoms with Crippen molar-refractivity contribution in [3.05, 3.63) is 23.8 Å². The average molecular weight is 247 g/mol. The number of thioether (sulfide) groups is 1. The molecule has 4 nitrogen and oxygen atoms in total. The summed E-state index contributed by atoms with van der Waals surface area (Å²) in [7, 11) is 0. The Morgan fingerprint density at radius 3 is 3.06 bits per heavy atom. The number of amides is 1. The molecule has 1 aliphatic rings. The summed E-state index contributed by atoms with van der Waals surface area (Å²) >= 11 is 1.67. The number of carbonyl (C=O) groups excluding carboxylic acids is 1. The van der Waals surface area contributed by atoms with Crippen LogP contribution >= 0.6 is 11.8 Å². The van der Waals surface area contributed by atoms with Gasteiger partial charge in [0, 0.05) is 5.69 Å². The summed E-state index contributed by atoms with van der Waals surface area (Å²) in [6.45, 7) is 0. The van der Waals surface area contributed by atoms with Crippen LogP contribution in [0.4, 0.5) is 11.4 Å². The Labute approximate surface area is 104 Å². The van der Waals surface area contributed by atoms with Gasteiger partial charge in [0.1, 0.15) is 6.07 Å². The van der Waals surface area contributed by atoms with Crippen LogP contribution in [0.1, 0.15) is 18.4 Å². The van der Waals surface area contributed by atoms with E-state index in [2.05, 4.69) is 5.32 Å². The number of nitrogens with zero attached hydrogens (tertiary/aromatic N) is 1. The molecule has 0 aromatic heterocycles. The van der Waals surface area contributed by atoms with E-state index in [4.69, 9.17) is 11.0 Å². The second-order valence-corrected chi connectivity index (χ2v) is 5.22. The minimum Gasteiger partial charge on any atom is -0.399 e. The van der Waals surface area contributed by atoms with Gasteiger partial charge in [0.05, 0.1) is 16.5 Å². The first kappa shape index (κ1) is 11.8. The summed E-state index contributed by atoms with van der Waals surface area (Å²) in [6.07, 6.45) is 1.99. The van der Waals surface area contributed by atoms with Gasteiger partial charge >= 0.3 is 0 Å². The maximum Gasteiger partial charge on any atom is 0.237 e. The van der Waals surface area contributed by atoms with Crippen LogP contribution in [-0.2, 0) is 4.79 Å². The van der Waals surface area contributed by atoms with Crippen molar-refractivity contribution in [1.29, 1.82) is 5.26 Å². The first-order valence-electron chi connectivity index (χ1n) is 5.43. The normalized spacial score (nSPS) is 18.6. The molecular formula is C12H13N3OS. The van der Waals surface area contributed by atoms with Gasteiger partial charge in [-0.25, -0.2) is 0 Å². The Balaban J connectivity index is 2.13. The van der Waals surface area contributed by atoms with Crippen molar-refractivity contribution < 1.29 is 4.79 Å². The number of hydrogen-bond acceptors (Lipinski definition) is 4. The SMILES string of the molecule is N#Cc1cc(N)ccc1NC(=O)C1CCCS1.